The number of aromatic nitrogens is 1. The summed E-state index contributed by atoms with van der Waals surface area (Å²) in [4.78, 5) is 8.92. The number of benzene rings is 2. The van der Waals surface area contributed by atoms with Gasteiger partial charge in [-0.3, -0.25) is 4.99 Å². The number of nitrogens with zero attached hydrogens (tertiary/aromatic N) is 2. The van der Waals surface area contributed by atoms with Crippen LogP contribution in [0.4, 0.5) is 4.39 Å². The molecule has 0 unspecified atom stereocenters. The zero-order chi connectivity index (χ0) is 22.4. The molecular weight excluding hydrogens is 534 g/mol. The van der Waals surface area contributed by atoms with Gasteiger partial charge in [0, 0.05) is 37.8 Å². The van der Waals surface area contributed by atoms with Crippen LogP contribution in [0.15, 0.2) is 64.2 Å². The first-order valence-electron chi connectivity index (χ1n) is 10.9. The zero-order valence-electron chi connectivity index (χ0n) is 18.9. The predicted molar refractivity (Wildman–Crippen MR) is 138 cm³/mol. The number of aliphatic imine (C=N–C) groups is 1. The van der Waals surface area contributed by atoms with Crippen LogP contribution in [-0.4, -0.2) is 37.7 Å². The van der Waals surface area contributed by atoms with Crippen LogP contribution in [0.3, 0.4) is 0 Å². The van der Waals surface area contributed by atoms with Gasteiger partial charge >= 0.3 is 0 Å². The minimum absolute atomic E-state index is 0. The van der Waals surface area contributed by atoms with Crippen LogP contribution in [-0.2, 0) is 16.7 Å². The third kappa shape index (κ3) is 6.32. The quantitative estimate of drug-likeness (QED) is 0.255. The summed E-state index contributed by atoms with van der Waals surface area (Å²) in [7, 11) is 1.74. The topological polar surface area (TPSA) is 71.7 Å². The molecule has 1 aromatic heterocycles. The Morgan fingerprint density at radius 1 is 1.06 bits per heavy atom. The fraction of sp³-hybridized carbons (Fsp3) is 0.360. The van der Waals surface area contributed by atoms with Crippen molar-refractivity contribution in [2.45, 2.75) is 31.7 Å². The van der Waals surface area contributed by atoms with Crippen LogP contribution in [0, 0.1) is 12.7 Å². The molecule has 0 saturated carbocycles. The molecule has 33 heavy (non-hydrogen) atoms. The largest absolute Gasteiger partial charge is 0.444 e. The number of ether oxygens (including phenoxy) is 1. The molecule has 0 bridgehead atoms. The summed E-state index contributed by atoms with van der Waals surface area (Å²) in [6.45, 7) is 4.59. The Hall–Kier alpha value is -2.46. The fourth-order valence-corrected chi connectivity index (χ4v) is 4.00. The van der Waals surface area contributed by atoms with E-state index in [1.54, 1.807) is 13.3 Å². The molecule has 2 heterocycles. The highest BCUT2D eigenvalue weighted by molar-refractivity contribution is 14.0. The maximum Gasteiger partial charge on any atom is 0.226 e. The Morgan fingerprint density at radius 3 is 2.42 bits per heavy atom. The lowest BCUT2D eigenvalue weighted by molar-refractivity contribution is 0.0513. The Morgan fingerprint density at radius 2 is 1.76 bits per heavy atom. The SMILES string of the molecule is CN=C(NCc1coc(-c2ccc(C)cc2)n1)NCC1(c2ccc(F)cc2)CCOCC1.I. The molecule has 1 saturated heterocycles. The van der Waals surface area contributed by atoms with Crippen molar-refractivity contribution in [3.63, 3.8) is 0 Å². The molecule has 2 N–H and O–H groups in total. The molecular formula is C25H30FIN4O2. The summed E-state index contributed by atoms with van der Waals surface area (Å²) in [5, 5.41) is 6.74. The second kappa shape index (κ2) is 11.6. The molecule has 4 rings (SSSR count). The molecule has 0 spiro atoms. The molecule has 0 atom stereocenters. The zero-order valence-corrected chi connectivity index (χ0v) is 21.3. The Balaban J connectivity index is 0.00000306. The minimum Gasteiger partial charge on any atom is -0.444 e. The molecule has 1 fully saturated rings. The summed E-state index contributed by atoms with van der Waals surface area (Å²) in [5.41, 5.74) is 3.92. The van der Waals surface area contributed by atoms with Crippen LogP contribution >= 0.6 is 24.0 Å². The van der Waals surface area contributed by atoms with E-state index in [1.807, 2.05) is 43.3 Å². The third-order valence-corrected chi connectivity index (χ3v) is 6.01. The molecule has 2 aromatic carbocycles. The predicted octanol–water partition coefficient (Wildman–Crippen LogP) is 4.82. The lowest BCUT2D eigenvalue weighted by atomic mass is 9.74. The summed E-state index contributed by atoms with van der Waals surface area (Å²) < 4.78 is 24.7. The van der Waals surface area contributed by atoms with E-state index in [-0.39, 0.29) is 35.2 Å². The van der Waals surface area contributed by atoms with Gasteiger partial charge in [-0.2, -0.15) is 0 Å². The highest BCUT2D eigenvalue weighted by atomic mass is 127. The Labute approximate surface area is 211 Å². The number of nitrogens with one attached hydrogen (secondary N) is 2. The monoisotopic (exact) mass is 564 g/mol. The van der Waals surface area contributed by atoms with Crippen molar-refractivity contribution in [2.24, 2.45) is 4.99 Å². The standard InChI is InChI=1S/C25H29FN4O2.HI/c1-18-3-5-19(6-4-18)23-30-22(16-32-23)15-28-24(27-2)29-17-25(11-13-31-14-12-25)20-7-9-21(26)10-8-20;/h3-10,16H,11-15,17H2,1-2H3,(H2,27,28,29);1H. The third-order valence-electron chi connectivity index (χ3n) is 6.01. The van der Waals surface area contributed by atoms with E-state index in [2.05, 4.69) is 20.6 Å². The minimum atomic E-state index is -0.223. The molecule has 3 aromatic rings. The molecule has 1 aliphatic heterocycles. The first kappa shape index (κ1) is 25.2. The molecule has 8 heteroatoms. The van der Waals surface area contributed by atoms with Gasteiger partial charge in [0.25, 0.3) is 0 Å². The second-order valence-electron chi connectivity index (χ2n) is 8.19. The summed E-state index contributed by atoms with van der Waals surface area (Å²) >= 11 is 0. The molecule has 1 aliphatic rings. The van der Waals surface area contributed by atoms with E-state index in [1.165, 1.54) is 17.7 Å². The highest BCUT2D eigenvalue weighted by Gasteiger charge is 2.34. The Kier molecular flexibility index (Phi) is 8.85. The number of hydrogen-bond donors (Lipinski definition) is 2. The summed E-state index contributed by atoms with van der Waals surface area (Å²) in [6.07, 6.45) is 3.39. The van der Waals surface area contributed by atoms with Gasteiger partial charge in [0.15, 0.2) is 5.96 Å². The van der Waals surface area contributed by atoms with Gasteiger partial charge in [-0.15, -0.1) is 24.0 Å². The first-order valence-corrected chi connectivity index (χ1v) is 10.9. The molecule has 0 amide bonds. The molecule has 176 valence electrons. The number of hydrogen-bond acceptors (Lipinski definition) is 4. The fourth-order valence-electron chi connectivity index (χ4n) is 4.00. The Bertz CT molecular complexity index is 1050. The normalized spacial score (nSPS) is 15.5. The number of aryl methyl sites for hydroxylation is 1. The van der Waals surface area contributed by atoms with Gasteiger partial charge < -0.3 is 19.8 Å². The highest BCUT2D eigenvalue weighted by Crippen LogP contribution is 2.34. The van der Waals surface area contributed by atoms with Crippen LogP contribution in [0.25, 0.3) is 11.5 Å². The van der Waals surface area contributed by atoms with Gasteiger partial charge in [0.1, 0.15) is 12.1 Å². The van der Waals surface area contributed by atoms with Crippen molar-refractivity contribution >= 4 is 29.9 Å². The number of guanidine groups is 1. The number of halogens is 2. The maximum absolute atomic E-state index is 13.5. The average molecular weight is 564 g/mol. The van der Waals surface area contributed by atoms with Crippen LogP contribution in [0.2, 0.25) is 0 Å². The van der Waals surface area contributed by atoms with Crippen molar-refractivity contribution in [1.82, 2.24) is 15.6 Å². The van der Waals surface area contributed by atoms with Crippen molar-refractivity contribution in [3.8, 4) is 11.5 Å². The van der Waals surface area contributed by atoms with Crippen LogP contribution in [0.5, 0.6) is 0 Å². The molecule has 0 radical (unpaired) electrons. The lowest BCUT2D eigenvalue weighted by Crippen LogP contribution is -2.47. The maximum atomic E-state index is 13.5. The summed E-state index contributed by atoms with van der Waals surface area (Å²) in [6, 6.07) is 14.9. The molecule has 0 aliphatic carbocycles. The average Bonchev–Trinajstić information content (AvgIpc) is 3.30. The molecule has 6 nitrogen and oxygen atoms in total. The summed E-state index contributed by atoms with van der Waals surface area (Å²) in [5.74, 6) is 1.05. The van der Waals surface area contributed by atoms with E-state index in [4.69, 9.17) is 9.15 Å². The second-order valence-corrected chi connectivity index (χ2v) is 8.19. The van der Waals surface area contributed by atoms with Gasteiger partial charge in [-0.05, 0) is 49.6 Å². The van der Waals surface area contributed by atoms with Gasteiger partial charge in [0.05, 0.1) is 12.2 Å². The van der Waals surface area contributed by atoms with E-state index >= 15 is 0 Å². The van der Waals surface area contributed by atoms with Crippen LogP contribution < -0.4 is 10.6 Å². The van der Waals surface area contributed by atoms with Crippen LogP contribution in [0.1, 0.15) is 29.7 Å². The smallest absolute Gasteiger partial charge is 0.226 e. The van der Waals surface area contributed by atoms with E-state index < -0.39 is 0 Å². The van der Waals surface area contributed by atoms with E-state index in [0.29, 0.717) is 38.2 Å². The van der Waals surface area contributed by atoms with Gasteiger partial charge in [-0.25, -0.2) is 9.37 Å². The lowest BCUT2D eigenvalue weighted by Gasteiger charge is -2.38. The van der Waals surface area contributed by atoms with Crippen molar-refractivity contribution in [1.29, 1.82) is 0 Å². The van der Waals surface area contributed by atoms with E-state index in [9.17, 15) is 4.39 Å². The van der Waals surface area contributed by atoms with Crippen molar-refractivity contribution in [3.05, 3.63) is 77.4 Å². The van der Waals surface area contributed by atoms with E-state index in [0.717, 1.165) is 29.7 Å². The number of rotatable bonds is 6. The number of oxazole rings is 1. The van der Waals surface area contributed by atoms with Crippen molar-refractivity contribution in [2.75, 3.05) is 26.8 Å². The van der Waals surface area contributed by atoms with Gasteiger partial charge in [0.2, 0.25) is 5.89 Å². The van der Waals surface area contributed by atoms with Gasteiger partial charge in [-0.1, -0.05) is 29.8 Å². The van der Waals surface area contributed by atoms with Crippen molar-refractivity contribution < 1.29 is 13.5 Å². The first-order chi connectivity index (χ1) is 15.6.